The average molecular weight is 499 g/mol. The van der Waals surface area contributed by atoms with E-state index in [9.17, 15) is 19.7 Å². The maximum Gasteiger partial charge on any atom is 0.269 e. The van der Waals surface area contributed by atoms with Gasteiger partial charge in [0.05, 0.1) is 4.92 Å². The Bertz CT molecular complexity index is 1480. The highest BCUT2D eigenvalue weighted by Crippen LogP contribution is 2.46. The van der Waals surface area contributed by atoms with E-state index in [1.807, 2.05) is 31.3 Å². The number of hydrogen-bond acceptors (Lipinski definition) is 5. The molecule has 1 aliphatic carbocycles. The average Bonchev–Trinajstić information content (AvgIpc) is 3.25. The number of nitrogens with zero attached hydrogens (tertiary/aromatic N) is 1. The molecule has 1 amide bonds. The number of amides is 1. The zero-order valence-corrected chi connectivity index (χ0v) is 21.2. The van der Waals surface area contributed by atoms with Gasteiger partial charge in [0.2, 0.25) is 5.91 Å². The van der Waals surface area contributed by atoms with Crippen molar-refractivity contribution < 1.29 is 14.5 Å². The Kier molecular flexibility index (Phi) is 6.19. The number of nitrogens with one attached hydrogen (secondary N) is 3. The summed E-state index contributed by atoms with van der Waals surface area (Å²) >= 11 is 0. The number of hydrogen-bond donors (Lipinski definition) is 3. The molecule has 2 aromatic carbocycles. The summed E-state index contributed by atoms with van der Waals surface area (Å²) in [6.07, 6.45) is 3.68. The SMILES string of the molecule is CC1=C(C(=O)NCCc2c[nH]c3ccccc23)C(c2ccc([N+](=O)[O-])cc2)C2=C(CC(C)(C)CC2=O)N1. The van der Waals surface area contributed by atoms with E-state index in [2.05, 4.69) is 35.5 Å². The number of fused-ring (bicyclic) bond motifs is 1. The van der Waals surface area contributed by atoms with Gasteiger partial charge in [-0.2, -0.15) is 0 Å². The Hall–Kier alpha value is -4.20. The lowest BCUT2D eigenvalue weighted by Crippen LogP contribution is -2.41. The number of carbonyl (C=O) groups excluding carboxylic acids is 2. The van der Waals surface area contributed by atoms with E-state index in [4.69, 9.17) is 0 Å². The van der Waals surface area contributed by atoms with Crippen LogP contribution < -0.4 is 10.6 Å². The van der Waals surface area contributed by atoms with Crippen LogP contribution in [-0.4, -0.2) is 28.1 Å². The van der Waals surface area contributed by atoms with Crippen molar-refractivity contribution in [2.75, 3.05) is 6.54 Å². The van der Waals surface area contributed by atoms with E-state index in [1.54, 1.807) is 12.1 Å². The Morgan fingerprint density at radius 3 is 2.59 bits per heavy atom. The van der Waals surface area contributed by atoms with E-state index >= 15 is 0 Å². The molecule has 2 aliphatic rings. The Labute approximate surface area is 215 Å². The van der Waals surface area contributed by atoms with Gasteiger partial charge in [0.15, 0.2) is 5.78 Å². The van der Waals surface area contributed by atoms with Crippen molar-refractivity contribution >= 4 is 28.3 Å². The van der Waals surface area contributed by atoms with Gasteiger partial charge < -0.3 is 15.6 Å². The number of benzene rings is 2. The molecular weight excluding hydrogens is 468 g/mol. The topological polar surface area (TPSA) is 117 Å². The number of non-ortho nitro benzene ring substituents is 1. The van der Waals surface area contributed by atoms with Crippen LogP contribution in [0.1, 0.15) is 50.7 Å². The van der Waals surface area contributed by atoms with Crippen molar-refractivity contribution in [3.8, 4) is 0 Å². The fourth-order valence-electron chi connectivity index (χ4n) is 5.60. The van der Waals surface area contributed by atoms with Gasteiger partial charge in [0.25, 0.3) is 5.69 Å². The number of H-pyrrole nitrogens is 1. The summed E-state index contributed by atoms with van der Waals surface area (Å²) in [7, 11) is 0. The molecule has 8 nitrogen and oxygen atoms in total. The summed E-state index contributed by atoms with van der Waals surface area (Å²) in [5.41, 5.74) is 5.21. The zero-order valence-electron chi connectivity index (χ0n) is 21.2. The quantitative estimate of drug-likeness (QED) is 0.325. The number of ketones is 1. The Morgan fingerprint density at radius 1 is 1.14 bits per heavy atom. The monoisotopic (exact) mass is 498 g/mol. The number of rotatable bonds is 6. The third-order valence-electron chi connectivity index (χ3n) is 7.28. The molecule has 2 heterocycles. The maximum absolute atomic E-state index is 13.6. The number of nitro groups is 1. The summed E-state index contributed by atoms with van der Waals surface area (Å²) in [5, 5.41) is 18.8. The molecule has 1 unspecified atom stereocenters. The lowest BCUT2D eigenvalue weighted by atomic mass is 9.68. The number of nitro benzene ring substituents is 1. The molecule has 3 aromatic rings. The predicted octanol–water partition coefficient (Wildman–Crippen LogP) is 5.04. The van der Waals surface area contributed by atoms with Crippen LogP contribution in [0, 0.1) is 15.5 Å². The number of allylic oxidation sites excluding steroid dienone is 3. The van der Waals surface area contributed by atoms with Crippen LogP contribution in [0.15, 0.2) is 77.3 Å². The molecule has 0 saturated heterocycles. The van der Waals surface area contributed by atoms with Crippen molar-refractivity contribution in [3.63, 3.8) is 0 Å². The second-order valence-electron chi connectivity index (χ2n) is 10.6. The van der Waals surface area contributed by atoms with Crippen LogP contribution in [0.4, 0.5) is 5.69 Å². The van der Waals surface area contributed by atoms with Crippen molar-refractivity contribution in [2.24, 2.45) is 5.41 Å². The summed E-state index contributed by atoms with van der Waals surface area (Å²) in [5.74, 6) is -0.843. The van der Waals surface area contributed by atoms with Gasteiger partial charge in [0, 0.05) is 70.7 Å². The van der Waals surface area contributed by atoms with E-state index < -0.39 is 10.8 Å². The minimum atomic E-state index is -0.589. The zero-order chi connectivity index (χ0) is 26.3. The lowest BCUT2D eigenvalue weighted by Gasteiger charge is -2.39. The van der Waals surface area contributed by atoms with Crippen molar-refractivity contribution in [1.82, 2.24) is 15.6 Å². The predicted molar refractivity (Wildman–Crippen MR) is 142 cm³/mol. The van der Waals surface area contributed by atoms with Gasteiger partial charge in [-0.15, -0.1) is 0 Å². The van der Waals surface area contributed by atoms with Crippen molar-refractivity contribution in [1.29, 1.82) is 0 Å². The molecule has 0 radical (unpaired) electrons. The standard InChI is InChI=1S/C29H30N4O4/c1-17-25(28(35)30-13-12-19-16-31-22-7-5-4-6-21(19)22)26(18-8-10-20(11-9-18)33(36)37)27-23(32-17)14-29(2,3)15-24(27)34/h4-11,16,26,31-32H,12-15H2,1-3H3,(H,30,35). The minimum Gasteiger partial charge on any atom is -0.362 e. The molecular formula is C29H30N4O4. The second kappa shape index (κ2) is 9.35. The first-order chi connectivity index (χ1) is 17.6. The van der Waals surface area contributed by atoms with E-state index in [0.29, 0.717) is 48.2 Å². The highest BCUT2D eigenvalue weighted by molar-refractivity contribution is 6.05. The molecule has 3 N–H and O–H groups in total. The Balaban J connectivity index is 1.45. The van der Waals surface area contributed by atoms with Crippen LogP contribution in [0.2, 0.25) is 0 Å². The highest BCUT2D eigenvalue weighted by Gasteiger charge is 2.42. The molecule has 0 saturated carbocycles. The first kappa shape index (κ1) is 24.5. The van der Waals surface area contributed by atoms with Gasteiger partial charge >= 0.3 is 0 Å². The van der Waals surface area contributed by atoms with Crippen LogP contribution in [-0.2, 0) is 16.0 Å². The normalized spacial score (nSPS) is 19.0. The summed E-state index contributed by atoms with van der Waals surface area (Å²) < 4.78 is 0. The van der Waals surface area contributed by atoms with Gasteiger partial charge in [-0.3, -0.25) is 19.7 Å². The van der Waals surface area contributed by atoms with Crippen LogP contribution in [0.5, 0.6) is 0 Å². The third-order valence-corrected chi connectivity index (χ3v) is 7.28. The summed E-state index contributed by atoms with van der Waals surface area (Å²) in [6.45, 7) is 6.40. The smallest absolute Gasteiger partial charge is 0.269 e. The lowest BCUT2D eigenvalue weighted by molar-refractivity contribution is -0.384. The molecule has 37 heavy (non-hydrogen) atoms. The van der Waals surface area contributed by atoms with Gasteiger partial charge in [0.1, 0.15) is 0 Å². The van der Waals surface area contributed by atoms with E-state index in [-0.39, 0.29) is 22.8 Å². The number of carbonyl (C=O) groups is 2. The van der Waals surface area contributed by atoms with Crippen LogP contribution >= 0.6 is 0 Å². The molecule has 0 fully saturated rings. The minimum absolute atomic E-state index is 0.00121. The van der Waals surface area contributed by atoms with E-state index in [0.717, 1.165) is 22.2 Å². The molecule has 5 rings (SSSR count). The number of para-hydroxylation sites is 1. The molecule has 0 bridgehead atoms. The number of aromatic amines is 1. The molecule has 0 spiro atoms. The fourth-order valence-corrected chi connectivity index (χ4v) is 5.60. The molecule has 1 aliphatic heterocycles. The highest BCUT2D eigenvalue weighted by atomic mass is 16.6. The van der Waals surface area contributed by atoms with Gasteiger partial charge in [-0.1, -0.05) is 44.2 Å². The summed E-state index contributed by atoms with van der Waals surface area (Å²) in [4.78, 5) is 41.0. The van der Waals surface area contributed by atoms with E-state index in [1.165, 1.54) is 12.1 Å². The molecule has 190 valence electrons. The number of dihydropyridines is 1. The summed E-state index contributed by atoms with van der Waals surface area (Å²) in [6, 6.07) is 14.2. The third kappa shape index (κ3) is 4.67. The molecule has 8 heteroatoms. The molecule has 1 atom stereocenters. The first-order valence-corrected chi connectivity index (χ1v) is 12.5. The second-order valence-corrected chi connectivity index (χ2v) is 10.6. The van der Waals surface area contributed by atoms with Gasteiger partial charge in [-0.25, -0.2) is 0 Å². The largest absolute Gasteiger partial charge is 0.362 e. The van der Waals surface area contributed by atoms with Crippen LogP contribution in [0.3, 0.4) is 0 Å². The molecule has 1 aromatic heterocycles. The number of Topliss-reactive ketones (excluding diaryl/α,β-unsaturated/α-hetero) is 1. The van der Waals surface area contributed by atoms with Crippen molar-refractivity contribution in [2.45, 2.75) is 46.0 Å². The fraction of sp³-hybridized carbons (Fsp3) is 0.310. The Morgan fingerprint density at radius 2 is 1.86 bits per heavy atom. The van der Waals surface area contributed by atoms with Crippen LogP contribution in [0.25, 0.3) is 10.9 Å². The number of aromatic nitrogens is 1. The van der Waals surface area contributed by atoms with Crippen molar-refractivity contribution in [3.05, 3.63) is 98.5 Å². The van der Waals surface area contributed by atoms with Gasteiger partial charge in [-0.05, 0) is 42.4 Å². The first-order valence-electron chi connectivity index (χ1n) is 12.5. The maximum atomic E-state index is 13.6.